The lowest BCUT2D eigenvalue weighted by Crippen LogP contribution is -2.53. The molecular formula is C16H34Cl2N4O. The number of nitrogens with one attached hydrogen (secondary N) is 1. The first-order chi connectivity index (χ1) is 9.99. The Morgan fingerprint density at radius 3 is 2.30 bits per heavy atom. The Hall–Kier alpha value is -0.0700. The van der Waals surface area contributed by atoms with E-state index in [9.17, 15) is 4.79 Å². The Morgan fingerprint density at radius 1 is 1.22 bits per heavy atom. The predicted octanol–water partition coefficient (Wildman–Crippen LogP) is 1.49. The molecule has 0 unspecified atom stereocenters. The van der Waals surface area contributed by atoms with Crippen LogP contribution in [0.15, 0.2) is 0 Å². The number of amides is 1. The van der Waals surface area contributed by atoms with Crippen LogP contribution < -0.4 is 11.1 Å². The molecule has 1 saturated carbocycles. The molecule has 0 aromatic carbocycles. The molecule has 0 aromatic rings. The molecule has 2 rings (SSSR count). The Kier molecular flexibility index (Phi) is 10.7. The summed E-state index contributed by atoms with van der Waals surface area (Å²) in [6, 6.07) is 0. The maximum atomic E-state index is 12.2. The largest absolute Gasteiger partial charge is 0.354 e. The molecule has 138 valence electrons. The van der Waals surface area contributed by atoms with Crippen molar-refractivity contribution in [2.24, 2.45) is 11.7 Å². The van der Waals surface area contributed by atoms with E-state index in [4.69, 9.17) is 5.73 Å². The molecule has 1 aliphatic heterocycles. The molecular weight excluding hydrogens is 335 g/mol. The maximum absolute atomic E-state index is 12.2. The van der Waals surface area contributed by atoms with Gasteiger partial charge < -0.3 is 20.9 Å². The standard InChI is InChI=1S/C16H32N4O.2ClH/c1-19(2)11-12-20-9-5-14(6-10-20)13-18-15(21)16(17)7-3-4-8-16;;/h14H,3-13,17H2,1-2H3,(H,18,21);2*1H. The molecule has 0 spiro atoms. The van der Waals surface area contributed by atoms with Crippen LogP contribution in [0.25, 0.3) is 0 Å². The van der Waals surface area contributed by atoms with E-state index < -0.39 is 5.54 Å². The summed E-state index contributed by atoms with van der Waals surface area (Å²) >= 11 is 0. The van der Waals surface area contributed by atoms with Crippen LogP contribution in [0.1, 0.15) is 38.5 Å². The molecule has 2 fully saturated rings. The van der Waals surface area contributed by atoms with Crippen LogP contribution in [0.3, 0.4) is 0 Å². The van der Waals surface area contributed by atoms with Gasteiger partial charge >= 0.3 is 0 Å². The highest BCUT2D eigenvalue weighted by Gasteiger charge is 2.37. The molecule has 2 aliphatic rings. The van der Waals surface area contributed by atoms with Gasteiger partial charge in [-0.25, -0.2) is 0 Å². The third-order valence-electron chi connectivity index (χ3n) is 5.07. The zero-order valence-electron chi connectivity index (χ0n) is 14.6. The number of carbonyl (C=O) groups excluding carboxylic acids is 1. The van der Waals surface area contributed by atoms with Crippen molar-refractivity contribution in [2.45, 2.75) is 44.1 Å². The van der Waals surface area contributed by atoms with Crippen LogP contribution in [0, 0.1) is 5.92 Å². The van der Waals surface area contributed by atoms with E-state index in [2.05, 4.69) is 29.2 Å². The molecule has 0 bridgehead atoms. The van der Waals surface area contributed by atoms with Crippen LogP contribution >= 0.6 is 24.8 Å². The molecule has 0 atom stereocenters. The average molecular weight is 369 g/mol. The molecule has 5 nitrogen and oxygen atoms in total. The number of nitrogens with two attached hydrogens (primary N) is 1. The number of hydrogen-bond donors (Lipinski definition) is 2. The zero-order valence-corrected chi connectivity index (χ0v) is 16.2. The van der Waals surface area contributed by atoms with E-state index >= 15 is 0 Å². The minimum absolute atomic E-state index is 0. The minimum Gasteiger partial charge on any atom is -0.354 e. The normalized spacial score (nSPS) is 21.6. The second-order valence-corrected chi connectivity index (χ2v) is 7.16. The van der Waals surface area contributed by atoms with Crippen LogP contribution in [0.5, 0.6) is 0 Å². The SMILES string of the molecule is CN(C)CCN1CCC(CNC(=O)C2(N)CCCC2)CC1.Cl.Cl. The van der Waals surface area contributed by atoms with Gasteiger partial charge in [-0.05, 0) is 58.8 Å². The third-order valence-corrected chi connectivity index (χ3v) is 5.07. The highest BCUT2D eigenvalue weighted by Crippen LogP contribution is 2.27. The van der Waals surface area contributed by atoms with Crippen LogP contribution in [-0.4, -0.2) is 68.1 Å². The second kappa shape index (κ2) is 10.7. The number of rotatable bonds is 6. The first kappa shape index (κ1) is 22.9. The third kappa shape index (κ3) is 7.14. The highest BCUT2D eigenvalue weighted by atomic mass is 35.5. The van der Waals surface area contributed by atoms with E-state index in [1.54, 1.807) is 0 Å². The van der Waals surface area contributed by atoms with Gasteiger partial charge in [0, 0.05) is 19.6 Å². The van der Waals surface area contributed by atoms with Gasteiger partial charge in [-0.2, -0.15) is 0 Å². The number of halogens is 2. The maximum Gasteiger partial charge on any atom is 0.240 e. The lowest BCUT2D eigenvalue weighted by atomic mass is 9.94. The smallest absolute Gasteiger partial charge is 0.240 e. The first-order valence-electron chi connectivity index (χ1n) is 8.44. The zero-order chi connectivity index (χ0) is 15.3. The van der Waals surface area contributed by atoms with Crippen molar-refractivity contribution >= 4 is 30.7 Å². The summed E-state index contributed by atoms with van der Waals surface area (Å²) in [5, 5.41) is 3.11. The molecule has 1 heterocycles. The molecule has 0 aromatic heterocycles. The van der Waals surface area contributed by atoms with Gasteiger partial charge in [0.2, 0.25) is 5.91 Å². The molecule has 3 N–H and O–H groups in total. The summed E-state index contributed by atoms with van der Waals surface area (Å²) in [6.45, 7) is 5.39. The Bertz CT molecular complexity index is 341. The van der Waals surface area contributed by atoms with Crippen molar-refractivity contribution in [3.8, 4) is 0 Å². The van der Waals surface area contributed by atoms with E-state index in [1.165, 1.54) is 12.8 Å². The summed E-state index contributed by atoms with van der Waals surface area (Å²) in [5.74, 6) is 0.699. The summed E-state index contributed by atoms with van der Waals surface area (Å²) in [4.78, 5) is 17.0. The number of piperidine rings is 1. The summed E-state index contributed by atoms with van der Waals surface area (Å²) < 4.78 is 0. The van der Waals surface area contributed by atoms with Gasteiger partial charge in [-0.1, -0.05) is 12.8 Å². The molecule has 1 saturated heterocycles. The van der Waals surface area contributed by atoms with Gasteiger partial charge in [0.25, 0.3) is 0 Å². The summed E-state index contributed by atoms with van der Waals surface area (Å²) in [6.07, 6.45) is 6.25. The van der Waals surface area contributed by atoms with E-state index in [-0.39, 0.29) is 30.7 Å². The number of likely N-dealkylation sites (tertiary alicyclic amines) is 1. The fourth-order valence-electron chi connectivity index (χ4n) is 3.40. The topological polar surface area (TPSA) is 61.6 Å². The van der Waals surface area contributed by atoms with E-state index in [0.29, 0.717) is 5.92 Å². The molecule has 0 radical (unpaired) electrons. The van der Waals surface area contributed by atoms with E-state index in [0.717, 1.165) is 58.4 Å². The van der Waals surface area contributed by atoms with Crippen LogP contribution in [0.2, 0.25) is 0 Å². The summed E-state index contributed by atoms with van der Waals surface area (Å²) in [7, 11) is 4.24. The van der Waals surface area contributed by atoms with Crippen molar-refractivity contribution in [3.63, 3.8) is 0 Å². The Morgan fingerprint density at radius 2 is 1.78 bits per heavy atom. The van der Waals surface area contributed by atoms with Crippen LogP contribution in [0.4, 0.5) is 0 Å². The fraction of sp³-hybridized carbons (Fsp3) is 0.938. The summed E-state index contributed by atoms with van der Waals surface area (Å²) in [5.41, 5.74) is 5.61. The van der Waals surface area contributed by atoms with Crippen molar-refractivity contribution < 1.29 is 4.79 Å². The molecule has 7 heteroatoms. The number of nitrogens with zero attached hydrogens (tertiary/aromatic N) is 2. The molecule has 23 heavy (non-hydrogen) atoms. The number of hydrogen-bond acceptors (Lipinski definition) is 4. The molecule has 1 aliphatic carbocycles. The Labute approximate surface area is 153 Å². The minimum atomic E-state index is -0.577. The van der Waals surface area contributed by atoms with Gasteiger partial charge in [0.15, 0.2) is 0 Å². The van der Waals surface area contributed by atoms with Gasteiger partial charge in [-0.15, -0.1) is 24.8 Å². The van der Waals surface area contributed by atoms with Gasteiger partial charge in [-0.3, -0.25) is 4.79 Å². The van der Waals surface area contributed by atoms with Crippen molar-refractivity contribution in [1.29, 1.82) is 0 Å². The van der Waals surface area contributed by atoms with Crippen molar-refractivity contribution in [2.75, 3.05) is 46.8 Å². The lowest BCUT2D eigenvalue weighted by Gasteiger charge is -2.33. The van der Waals surface area contributed by atoms with E-state index in [1.807, 2.05) is 0 Å². The lowest BCUT2D eigenvalue weighted by molar-refractivity contribution is -0.126. The number of likely N-dealkylation sites (N-methyl/N-ethyl adjacent to an activating group) is 1. The monoisotopic (exact) mass is 368 g/mol. The quantitative estimate of drug-likeness (QED) is 0.745. The molecule has 1 amide bonds. The van der Waals surface area contributed by atoms with Crippen molar-refractivity contribution in [1.82, 2.24) is 15.1 Å². The van der Waals surface area contributed by atoms with Crippen LogP contribution in [-0.2, 0) is 4.79 Å². The average Bonchev–Trinajstić information content (AvgIpc) is 2.92. The highest BCUT2D eigenvalue weighted by molar-refractivity contribution is 5.86. The first-order valence-corrected chi connectivity index (χ1v) is 8.44. The fourth-order valence-corrected chi connectivity index (χ4v) is 3.40. The van der Waals surface area contributed by atoms with Crippen molar-refractivity contribution in [3.05, 3.63) is 0 Å². The second-order valence-electron chi connectivity index (χ2n) is 7.16. The number of carbonyl (C=O) groups is 1. The Balaban J connectivity index is 0.00000242. The van der Waals surface area contributed by atoms with Gasteiger partial charge in [0.1, 0.15) is 0 Å². The predicted molar refractivity (Wildman–Crippen MR) is 101 cm³/mol. The van der Waals surface area contributed by atoms with Gasteiger partial charge in [0.05, 0.1) is 5.54 Å².